The van der Waals surface area contributed by atoms with E-state index in [1.807, 2.05) is 13.8 Å². The van der Waals surface area contributed by atoms with Crippen LogP contribution >= 0.6 is 0 Å². The second-order valence-electron chi connectivity index (χ2n) is 23.3. The van der Waals surface area contributed by atoms with E-state index < -0.39 is 84.2 Å². The van der Waals surface area contributed by atoms with Gasteiger partial charge in [-0.2, -0.15) is 0 Å². The van der Waals surface area contributed by atoms with E-state index in [0.29, 0.717) is 77.5 Å². The lowest BCUT2D eigenvalue weighted by atomic mass is 9.97. The Balaban J connectivity index is 1.18. The molecule has 4 aliphatic rings. The maximum absolute atomic E-state index is 14.0. The molecule has 0 spiro atoms. The quantitative estimate of drug-likeness (QED) is 0.0588. The fraction of sp³-hybridized carbons (Fsp3) is 0.800. The third kappa shape index (κ3) is 17.6. The topological polar surface area (TPSA) is 319 Å². The molecule has 0 aliphatic carbocycles. The van der Waals surface area contributed by atoms with Crippen molar-refractivity contribution < 1.29 is 63.0 Å². The Hall–Kier alpha value is -5.87. The number of carboxylic acid groups (broad SMARTS) is 2. The number of likely N-dealkylation sites (N-methyl/N-ethyl adjacent to an activating group) is 1. The molecular formula is C55H92N10O13. The van der Waals surface area contributed by atoms with Crippen molar-refractivity contribution in [2.24, 2.45) is 35.3 Å². The van der Waals surface area contributed by atoms with Gasteiger partial charge in [-0.05, 0) is 116 Å². The Morgan fingerprint density at radius 2 is 0.962 bits per heavy atom. The molecule has 4 heterocycles. The van der Waals surface area contributed by atoms with Crippen molar-refractivity contribution in [1.82, 2.24) is 45.8 Å². The zero-order valence-electron chi connectivity index (χ0n) is 47.9. The molecule has 9 amide bonds. The molecule has 4 rings (SSSR count). The van der Waals surface area contributed by atoms with Crippen LogP contribution in [0.2, 0.25) is 0 Å². The Labute approximate surface area is 460 Å². The molecule has 0 aromatic heterocycles. The predicted molar refractivity (Wildman–Crippen MR) is 288 cm³/mol. The molecule has 12 atom stereocenters. The van der Waals surface area contributed by atoms with Gasteiger partial charge in [-0.1, -0.05) is 48.5 Å². The number of nitrogens with two attached hydrogens (primary N) is 1. The minimum absolute atomic E-state index is 0.117. The first-order valence-electron chi connectivity index (χ1n) is 28.5. The number of carbonyl (C=O) groups is 11. The highest BCUT2D eigenvalue weighted by Crippen LogP contribution is 2.29. The van der Waals surface area contributed by atoms with E-state index in [9.17, 15) is 57.8 Å². The predicted octanol–water partition coefficient (Wildman–Crippen LogP) is 1.84. The number of rotatable bonds is 28. The second-order valence-corrected chi connectivity index (χ2v) is 23.3. The first-order valence-corrected chi connectivity index (χ1v) is 28.5. The number of hydrogen-bond acceptors (Lipinski definition) is 12. The molecule has 0 radical (unpaired) electrons. The molecule has 4 saturated heterocycles. The van der Waals surface area contributed by atoms with Crippen LogP contribution in [0.4, 0.5) is 0 Å². The molecular weight excluding hydrogens is 1010 g/mol. The van der Waals surface area contributed by atoms with Crippen molar-refractivity contribution >= 4 is 65.1 Å². The van der Waals surface area contributed by atoms with Crippen molar-refractivity contribution in [3.05, 3.63) is 0 Å². The third-order valence-electron chi connectivity index (χ3n) is 16.5. The van der Waals surface area contributed by atoms with Crippen LogP contribution in [-0.4, -0.2) is 194 Å². The lowest BCUT2D eigenvalue weighted by Crippen LogP contribution is -2.57. The molecule has 0 unspecified atom stereocenters. The van der Waals surface area contributed by atoms with Gasteiger partial charge in [-0.25, -0.2) is 4.79 Å². The number of carbonyl (C=O) groups excluding carboxylic acids is 9. The molecule has 8 N–H and O–H groups in total. The molecule has 23 nitrogen and oxygen atoms in total. The molecule has 440 valence electrons. The first kappa shape index (κ1) is 64.7. The van der Waals surface area contributed by atoms with Gasteiger partial charge in [0, 0.05) is 69.1 Å². The first-order chi connectivity index (χ1) is 36.7. The van der Waals surface area contributed by atoms with Crippen LogP contribution in [0.15, 0.2) is 0 Å². The van der Waals surface area contributed by atoms with E-state index in [4.69, 9.17) is 10.8 Å². The summed E-state index contributed by atoms with van der Waals surface area (Å²) in [6.45, 7) is 17.3. The van der Waals surface area contributed by atoms with Crippen LogP contribution in [0.5, 0.6) is 0 Å². The van der Waals surface area contributed by atoms with Crippen LogP contribution in [0, 0.1) is 29.6 Å². The Morgan fingerprint density at radius 1 is 0.538 bits per heavy atom. The number of amides is 9. The average molecular weight is 1100 g/mol. The van der Waals surface area contributed by atoms with Crippen LogP contribution in [0.1, 0.15) is 159 Å². The minimum atomic E-state index is -1.28. The lowest BCUT2D eigenvalue weighted by molar-refractivity contribution is -0.154. The Kier molecular flexibility index (Phi) is 24.8. The third-order valence-corrected chi connectivity index (χ3v) is 16.5. The zero-order chi connectivity index (χ0) is 58.3. The zero-order valence-corrected chi connectivity index (χ0v) is 47.9. The molecule has 0 aromatic rings. The number of likely N-dealkylation sites (tertiary alicyclic amines) is 4. The maximum atomic E-state index is 14.0. The van der Waals surface area contributed by atoms with Gasteiger partial charge in [-0.15, -0.1) is 0 Å². The second kappa shape index (κ2) is 29.9. The van der Waals surface area contributed by atoms with E-state index >= 15 is 0 Å². The van der Waals surface area contributed by atoms with Crippen molar-refractivity contribution in [1.29, 1.82) is 0 Å². The number of aliphatic carboxylic acids is 2. The SMILES string of the molecule is CC(C)[C@H](NC(=O)[C@H](C)CC[C@@H]1CCCN1C(=O)CNC(=O)[C@H](C)CC[C@@H]1CCCN1C(=O)[C@H](C)NC(=O)[C@H](C)CC[C@@H]1CCCN1C(=O)[C@H](C)NC(=O)[C@H](N)CC(=O)O)C(=O)N1CCC[C@H]1C(=O)N(C)[C@H](C(=O)O)C(C)C. The van der Waals surface area contributed by atoms with E-state index in [1.165, 1.54) is 23.8 Å². The molecule has 0 bridgehead atoms. The highest BCUT2D eigenvalue weighted by molar-refractivity contribution is 5.95. The number of nitrogens with one attached hydrogen (secondary N) is 4. The largest absolute Gasteiger partial charge is 0.481 e. The molecule has 4 aliphatic heterocycles. The standard InChI is InChI=1S/C55H92N10O13/c1-31(2)45(54(76)65-28-14-18-42(65)53(75)61(10)46(32(3)4)55(77)78)60-49(71)35(7)20-22-38-15-11-25-62(38)43(66)30-57-47(69)33(5)19-23-39-16-12-26-63(39)51(73)36(8)58-48(70)34(6)21-24-40-17-13-27-64(40)52(74)37(9)59-50(72)41(56)29-44(67)68/h31-42,45-46H,11-30,56H2,1-10H3,(H,57,69)(H,58,70)(H,59,72)(H,60,71)(H,67,68)(H,77,78)/t33-,34-,35-,36+,37+,38+,39+,40+,41-,42+,45+,46+/m1/s1. The fourth-order valence-corrected chi connectivity index (χ4v) is 11.6. The Bertz CT molecular complexity index is 2160. The molecule has 4 fully saturated rings. The van der Waals surface area contributed by atoms with Gasteiger partial charge in [0.25, 0.3) is 0 Å². The summed E-state index contributed by atoms with van der Waals surface area (Å²) in [5.74, 6) is -7.52. The number of hydrogen-bond donors (Lipinski definition) is 7. The van der Waals surface area contributed by atoms with Gasteiger partial charge in [0.05, 0.1) is 19.0 Å². The monoisotopic (exact) mass is 1100 g/mol. The number of nitrogens with zero attached hydrogens (tertiary/aromatic N) is 5. The van der Waals surface area contributed by atoms with E-state index in [0.717, 1.165) is 38.5 Å². The van der Waals surface area contributed by atoms with Gasteiger partial charge in [-0.3, -0.25) is 47.9 Å². The summed E-state index contributed by atoms with van der Waals surface area (Å²) in [5, 5.41) is 29.9. The average Bonchev–Trinajstić information content (AvgIpc) is 4.26. The summed E-state index contributed by atoms with van der Waals surface area (Å²) in [6.07, 6.45) is 7.99. The molecule has 78 heavy (non-hydrogen) atoms. The highest BCUT2D eigenvalue weighted by atomic mass is 16.4. The summed E-state index contributed by atoms with van der Waals surface area (Å²) >= 11 is 0. The normalized spacial score (nSPS) is 22.5. The van der Waals surface area contributed by atoms with Gasteiger partial charge in [0.15, 0.2) is 0 Å². The van der Waals surface area contributed by atoms with Gasteiger partial charge in [0.1, 0.15) is 30.2 Å². The van der Waals surface area contributed by atoms with E-state index in [-0.39, 0.29) is 77.9 Å². The van der Waals surface area contributed by atoms with Gasteiger partial charge >= 0.3 is 11.9 Å². The smallest absolute Gasteiger partial charge is 0.326 e. The van der Waals surface area contributed by atoms with Gasteiger partial charge < -0.3 is 61.7 Å². The highest BCUT2D eigenvalue weighted by Gasteiger charge is 2.43. The van der Waals surface area contributed by atoms with Crippen molar-refractivity contribution in [2.75, 3.05) is 39.8 Å². The van der Waals surface area contributed by atoms with Crippen molar-refractivity contribution in [3.63, 3.8) is 0 Å². The summed E-state index contributed by atoms with van der Waals surface area (Å²) in [5.41, 5.74) is 5.65. The van der Waals surface area contributed by atoms with E-state index in [2.05, 4.69) is 21.3 Å². The molecule has 0 aromatic carbocycles. The summed E-state index contributed by atoms with van der Waals surface area (Å²) in [4.78, 5) is 151. The maximum Gasteiger partial charge on any atom is 0.326 e. The van der Waals surface area contributed by atoms with Crippen molar-refractivity contribution in [2.45, 2.75) is 213 Å². The lowest BCUT2D eigenvalue weighted by Gasteiger charge is -2.35. The fourth-order valence-electron chi connectivity index (χ4n) is 11.6. The molecule has 23 heteroatoms. The minimum Gasteiger partial charge on any atom is -0.481 e. The Morgan fingerprint density at radius 3 is 1.42 bits per heavy atom. The summed E-state index contributed by atoms with van der Waals surface area (Å²) < 4.78 is 0. The summed E-state index contributed by atoms with van der Waals surface area (Å²) in [6, 6.07) is -6.14. The van der Waals surface area contributed by atoms with Crippen LogP contribution in [-0.2, 0) is 52.7 Å². The van der Waals surface area contributed by atoms with Crippen LogP contribution in [0.25, 0.3) is 0 Å². The molecule has 0 saturated carbocycles. The summed E-state index contributed by atoms with van der Waals surface area (Å²) in [7, 11) is 1.45. The van der Waals surface area contributed by atoms with E-state index in [1.54, 1.807) is 56.2 Å². The van der Waals surface area contributed by atoms with Crippen LogP contribution in [0.3, 0.4) is 0 Å². The van der Waals surface area contributed by atoms with Crippen molar-refractivity contribution in [3.8, 4) is 0 Å². The van der Waals surface area contributed by atoms with Crippen LogP contribution < -0.4 is 27.0 Å². The number of carboxylic acids is 2. The van der Waals surface area contributed by atoms with Gasteiger partial charge in [0.2, 0.25) is 53.2 Å².